The minimum Gasteiger partial charge on any atom is -0.341 e. The number of pyridine rings is 1. The highest BCUT2D eigenvalue weighted by molar-refractivity contribution is 7.89. The number of carbonyl (C=O) groups is 1. The predicted molar refractivity (Wildman–Crippen MR) is 98.2 cm³/mol. The van der Waals surface area contributed by atoms with Crippen molar-refractivity contribution >= 4 is 32.8 Å². The molecule has 8 nitrogen and oxygen atoms in total. The highest BCUT2D eigenvalue weighted by Gasteiger charge is 2.16. The highest BCUT2D eigenvalue weighted by atomic mass is 32.2. The number of rotatable bonds is 6. The van der Waals surface area contributed by atoms with Crippen LogP contribution in [0.4, 0.5) is 5.69 Å². The number of imidazole rings is 1. The molecule has 0 spiro atoms. The van der Waals surface area contributed by atoms with E-state index in [2.05, 4.69) is 20.3 Å². The number of nitrogens with one attached hydrogen (secondary N) is 2. The Morgan fingerprint density at radius 2 is 1.92 bits per heavy atom. The van der Waals surface area contributed by atoms with Gasteiger partial charge in [-0.1, -0.05) is 0 Å². The monoisotopic (exact) mass is 373 g/mol. The first-order valence-electron chi connectivity index (χ1n) is 7.98. The van der Waals surface area contributed by atoms with Gasteiger partial charge in [-0.2, -0.15) is 0 Å². The number of aromatic amines is 1. The number of aryl methyl sites for hydroxylation is 1. The van der Waals surface area contributed by atoms with Crippen LogP contribution in [0.5, 0.6) is 0 Å². The first kappa shape index (κ1) is 18.0. The molecule has 3 aromatic rings. The van der Waals surface area contributed by atoms with Gasteiger partial charge in [-0.05, 0) is 36.4 Å². The fraction of sp³-hybridized carbons (Fsp3) is 0.235. The molecule has 9 heteroatoms. The molecule has 0 bridgehead atoms. The largest absolute Gasteiger partial charge is 0.341 e. The molecule has 0 aliphatic heterocycles. The van der Waals surface area contributed by atoms with E-state index in [1.807, 2.05) is 12.1 Å². The molecule has 2 heterocycles. The Hall–Kier alpha value is -2.78. The summed E-state index contributed by atoms with van der Waals surface area (Å²) in [6.07, 6.45) is 2.37. The zero-order valence-electron chi connectivity index (χ0n) is 14.4. The van der Waals surface area contributed by atoms with Gasteiger partial charge < -0.3 is 10.3 Å². The van der Waals surface area contributed by atoms with Crippen molar-refractivity contribution in [3.8, 4) is 0 Å². The van der Waals surface area contributed by atoms with Crippen molar-refractivity contribution in [2.24, 2.45) is 0 Å². The zero-order valence-corrected chi connectivity index (χ0v) is 15.2. The summed E-state index contributed by atoms with van der Waals surface area (Å²) in [7, 11) is -0.537. The van der Waals surface area contributed by atoms with E-state index in [9.17, 15) is 13.2 Å². The third kappa shape index (κ3) is 3.89. The van der Waals surface area contributed by atoms with Crippen molar-refractivity contribution in [2.75, 3.05) is 19.4 Å². The summed E-state index contributed by atoms with van der Waals surface area (Å²) in [6.45, 7) is 0. The quantitative estimate of drug-likeness (QED) is 0.685. The number of fused-ring (bicyclic) bond motifs is 1. The first-order valence-corrected chi connectivity index (χ1v) is 9.42. The lowest BCUT2D eigenvalue weighted by Gasteiger charge is -2.12. The van der Waals surface area contributed by atoms with E-state index >= 15 is 0 Å². The normalized spacial score (nSPS) is 11.8. The molecule has 0 fully saturated rings. The Kier molecular flexibility index (Phi) is 5.01. The summed E-state index contributed by atoms with van der Waals surface area (Å²) < 4.78 is 25.2. The molecule has 1 aromatic carbocycles. The van der Waals surface area contributed by atoms with E-state index < -0.39 is 10.0 Å². The number of hydrogen-bond donors (Lipinski definition) is 2. The molecular weight excluding hydrogens is 354 g/mol. The Bertz CT molecular complexity index is 993. The topological polar surface area (TPSA) is 108 Å². The van der Waals surface area contributed by atoms with Gasteiger partial charge in [0.1, 0.15) is 5.82 Å². The molecule has 0 saturated carbocycles. The van der Waals surface area contributed by atoms with Gasteiger partial charge >= 0.3 is 0 Å². The molecule has 0 atom stereocenters. The lowest BCUT2D eigenvalue weighted by atomic mass is 10.2. The maximum atomic E-state index is 12.1. The molecular formula is C17H19N5O3S. The lowest BCUT2D eigenvalue weighted by molar-refractivity contribution is -0.116. The number of carbonyl (C=O) groups excluding carboxylic acids is 1. The van der Waals surface area contributed by atoms with Crippen molar-refractivity contribution in [3.05, 3.63) is 48.4 Å². The number of sulfonamides is 1. The van der Waals surface area contributed by atoms with Crippen molar-refractivity contribution < 1.29 is 13.2 Å². The number of aromatic nitrogens is 3. The van der Waals surface area contributed by atoms with Gasteiger partial charge in [0, 0.05) is 38.8 Å². The second kappa shape index (κ2) is 7.22. The molecule has 0 radical (unpaired) electrons. The summed E-state index contributed by atoms with van der Waals surface area (Å²) in [5.41, 5.74) is 2.00. The lowest BCUT2D eigenvalue weighted by Crippen LogP contribution is -2.22. The molecule has 2 aromatic heterocycles. The van der Waals surface area contributed by atoms with Crippen molar-refractivity contribution in [1.29, 1.82) is 0 Å². The number of nitrogens with zero attached hydrogens (tertiary/aromatic N) is 3. The first-order chi connectivity index (χ1) is 12.4. The van der Waals surface area contributed by atoms with Crippen LogP contribution in [-0.2, 0) is 21.2 Å². The van der Waals surface area contributed by atoms with E-state index in [1.165, 1.54) is 26.2 Å². The molecule has 1 amide bonds. The molecule has 26 heavy (non-hydrogen) atoms. The van der Waals surface area contributed by atoms with Gasteiger partial charge in [-0.15, -0.1) is 0 Å². The van der Waals surface area contributed by atoms with Crippen molar-refractivity contribution in [1.82, 2.24) is 19.3 Å². The van der Waals surface area contributed by atoms with Crippen LogP contribution in [0.25, 0.3) is 11.2 Å². The van der Waals surface area contributed by atoms with E-state index in [-0.39, 0.29) is 17.2 Å². The van der Waals surface area contributed by atoms with Crippen LogP contribution in [0.1, 0.15) is 12.2 Å². The minimum atomic E-state index is -3.48. The number of benzene rings is 1. The average Bonchev–Trinajstić information content (AvgIpc) is 3.03. The van der Waals surface area contributed by atoms with Crippen molar-refractivity contribution in [3.63, 3.8) is 0 Å². The van der Waals surface area contributed by atoms with Crippen molar-refractivity contribution in [2.45, 2.75) is 17.7 Å². The Labute approximate surface area is 151 Å². The van der Waals surface area contributed by atoms with Gasteiger partial charge in [0.15, 0.2) is 5.65 Å². The molecule has 0 saturated heterocycles. The SMILES string of the molecule is CN(C)S(=O)(=O)c1ccc(NC(=O)CCc2nc3ncccc3[nH]2)cc1. The van der Waals surface area contributed by atoms with Gasteiger partial charge in [-0.3, -0.25) is 4.79 Å². The average molecular weight is 373 g/mol. The number of H-pyrrole nitrogens is 1. The Morgan fingerprint density at radius 1 is 1.19 bits per heavy atom. The number of anilines is 1. The smallest absolute Gasteiger partial charge is 0.242 e. The van der Waals surface area contributed by atoms with E-state index in [0.717, 1.165) is 9.82 Å². The standard InChI is InChI=1S/C17H19N5O3S/c1-22(2)26(24,25)13-7-5-12(6-8-13)19-16(23)10-9-15-20-14-4-3-11-18-17(14)21-15/h3-8,11H,9-10H2,1-2H3,(H,19,23)(H,18,20,21). The summed E-state index contributed by atoms with van der Waals surface area (Å²) in [5.74, 6) is 0.517. The van der Waals surface area contributed by atoms with Gasteiger partial charge in [0.2, 0.25) is 15.9 Å². The predicted octanol–water partition coefficient (Wildman–Crippen LogP) is 1.78. The fourth-order valence-electron chi connectivity index (χ4n) is 2.39. The van der Waals surface area contributed by atoms with Gasteiger partial charge in [0.05, 0.1) is 10.4 Å². The summed E-state index contributed by atoms with van der Waals surface area (Å²) in [5, 5.41) is 2.75. The molecule has 2 N–H and O–H groups in total. The van der Waals surface area contributed by atoms with Crippen LogP contribution in [0.3, 0.4) is 0 Å². The number of amides is 1. The van der Waals surface area contributed by atoms with Crippen LogP contribution in [0.15, 0.2) is 47.5 Å². The summed E-state index contributed by atoms with van der Waals surface area (Å²) >= 11 is 0. The summed E-state index contributed by atoms with van der Waals surface area (Å²) in [6, 6.07) is 9.77. The zero-order chi connectivity index (χ0) is 18.7. The van der Waals surface area contributed by atoms with E-state index in [1.54, 1.807) is 18.3 Å². The van der Waals surface area contributed by atoms with Crippen LogP contribution in [0, 0.1) is 0 Å². The molecule has 136 valence electrons. The maximum Gasteiger partial charge on any atom is 0.242 e. The third-order valence-corrected chi connectivity index (χ3v) is 5.64. The molecule has 0 unspecified atom stereocenters. The van der Waals surface area contributed by atoms with Crippen LogP contribution >= 0.6 is 0 Å². The second-order valence-corrected chi connectivity index (χ2v) is 8.07. The number of hydrogen-bond acceptors (Lipinski definition) is 5. The van der Waals surface area contributed by atoms with Crippen LogP contribution < -0.4 is 5.32 Å². The molecule has 0 aliphatic carbocycles. The fourth-order valence-corrected chi connectivity index (χ4v) is 3.29. The van der Waals surface area contributed by atoms with E-state index in [4.69, 9.17) is 0 Å². The Morgan fingerprint density at radius 3 is 2.58 bits per heavy atom. The Balaban J connectivity index is 1.59. The minimum absolute atomic E-state index is 0.176. The summed E-state index contributed by atoms with van der Waals surface area (Å²) in [4.78, 5) is 23.9. The maximum absolute atomic E-state index is 12.1. The van der Waals surface area contributed by atoms with Gasteiger partial charge in [-0.25, -0.2) is 22.7 Å². The highest BCUT2D eigenvalue weighted by Crippen LogP contribution is 2.17. The molecule has 0 aliphatic rings. The van der Waals surface area contributed by atoms with E-state index in [0.29, 0.717) is 23.6 Å². The molecule has 3 rings (SSSR count). The van der Waals surface area contributed by atoms with Gasteiger partial charge in [0.25, 0.3) is 0 Å². The second-order valence-electron chi connectivity index (χ2n) is 5.92. The van der Waals surface area contributed by atoms with Crippen LogP contribution in [0.2, 0.25) is 0 Å². The van der Waals surface area contributed by atoms with Crippen LogP contribution in [-0.4, -0.2) is 47.7 Å². The third-order valence-electron chi connectivity index (χ3n) is 3.81.